The zero-order valence-electron chi connectivity index (χ0n) is 11.0. The van der Waals surface area contributed by atoms with Gasteiger partial charge in [0.15, 0.2) is 0 Å². The van der Waals surface area contributed by atoms with Gasteiger partial charge >= 0.3 is 0 Å². The number of nitrogens with two attached hydrogens (primary N) is 1. The Bertz CT molecular complexity index is 399. The molecule has 0 aromatic heterocycles. The summed E-state index contributed by atoms with van der Waals surface area (Å²) in [6, 6.07) is 7.67. The molecule has 0 saturated heterocycles. The van der Waals surface area contributed by atoms with Crippen molar-refractivity contribution < 1.29 is 4.79 Å². The van der Waals surface area contributed by atoms with Gasteiger partial charge in [0.25, 0.3) is 0 Å². The maximum Gasteiger partial charge on any atom is 0.220 e. The van der Waals surface area contributed by atoms with Gasteiger partial charge in [-0.1, -0.05) is 23.7 Å². The van der Waals surface area contributed by atoms with E-state index >= 15 is 0 Å². The van der Waals surface area contributed by atoms with Crippen LogP contribution in [0.25, 0.3) is 0 Å². The molecular weight excluding hydrogens is 248 g/mol. The number of hydrogen-bond acceptors (Lipinski definition) is 2. The summed E-state index contributed by atoms with van der Waals surface area (Å²) in [5, 5.41) is 3.61. The summed E-state index contributed by atoms with van der Waals surface area (Å²) < 4.78 is 0. The number of carbonyl (C=O) groups is 1. The molecule has 1 aromatic rings. The van der Waals surface area contributed by atoms with Crippen molar-refractivity contribution in [2.75, 3.05) is 6.54 Å². The average molecular weight is 269 g/mol. The zero-order valence-corrected chi connectivity index (χ0v) is 11.8. The van der Waals surface area contributed by atoms with E-state index in [0.717, 1.165) is 17.0 Å². The first-order valence-corrected chi connectivity index (χ1v) is 6.55. The van der Waals surface area contributed by atoms with Gasteiger partial charge in [0, 0.05) is 23.5 Å². The van der Waals surface area contributed by atoms with Gasteiger partial charge in [-0.2, -0.15) is 0 Å². The molecule has 3 nitrogen and oxygen atoms in total. The molecule has 1 amide bonds. The second kappa shape index (κ2) is 6.76. The van der Waals surface area contributed by atoms with Gasteiger partial charge in [0.1, 0.15) is 0 Å². The highest BCUT2D eigenvalue weighted by Crippen LogP contribution is 2.11. The molecule has 0 spiro atoms. The van der Waals surface area contributed by atoms with E-state index in [1.54, 1.807) is 0 Å². The van der Waals surface area contributed by atoms with E-state index in [-0.39, 0.29) is 11.4 Å². The highest BCUT2D eigenvalue weighted by Gasteiger charge is 2.12. The Kier molecular flexibility index (Phi) is 5.63. The van der Waals surface area contributed by atoms with Crippen molar-refractivity contribution in [1.29, 1.82) is 0 Å². The minimum absolute atomic E-state index is 0.0514. The third kappa shape index (κ3) is 6.62. The quantitative estimate of drug-likeness (QED) is 0.833. The number of carbonyl (C=O) groups excluding carboxylic acids is 1. The fourth-order valence-electron chi connectivity index (χ4n) is 1.56. The van der Waals surface area contributed by atoms with Crippen molar-refractivity contribution in [3.8, 4) is 0 Å². The van der Waals surface area contributed by atoms with E-state index in [2.05, 4.69) is 5.32 Å². The number of benzene rings is 1. The van der Waals surface area contributed by atoms with Gasteiger partial charge in [-0.3, -0.25) is 4.79 Å². The molecule has 0 radical (unpaired) electrons. The van der Waals surface area contributed by atoms with Crippen LogP contribution < -0.4 is 11.1 Å². The largest absolute Gasteiger partial charge is 0.356 e. The molecule has 1 aromatic carbocycles. The molecule has 18 heavy (non-hydrogen) atoms. The van der Waals surface area contributed by atoms with Crippen molar-refractivity contribution in [2.24, 2.45) is 5.73 Å². The lowest BCUT2D eigenvalue weighted by atomic mass is 10.00. The standard InChI is InChI=1S/C14H21ClN2O/c1-14(2,16)8-6-13(18)17-9-7-11-4-3-5-12(15)10-11/h3-5,10H,6-9,16H2,1-2H3,(H,17,18). The molecule has 0 fully saturated rings. The van der Waals surface area contributed by atoms with E-state index in [9.17, 15) is 4.79 Å². The van der Waals surface area contributed by atoms with Crippen LogP contribution >= 0.6 is 11.6 Å². The molecule has 0 bridgehead atoms. The smallest absolute Gasteiger partial charge is 0.220 e. The third-order valence-corrected chi connectivity index (χ3v) is 2.86. The minimum atomic E-state index is -0.287. The summed E-state index contributed by atoms with van der Waals surface area (Å²) >= 11 is 5.88. The van der Waals surface area contributed by atoms with E-state index in [4.69, 9.17) is 17.3 Å². The fraction of sp³-hybridized carbons (Fsp3) is 0.500. The van der Waals surface area contributed by atoms with E-state index in [1.807, 2.05) is 38.1 Å². The van der Waals surface area contributed by atoms with Crippen molar-refractivity contribution in [3.63, 3.8) is 0 Å². The van der Waals surface area contributed by atoms with Gasteiger partial charge < -0.3 is 11.1 Å². The second-order valence-corrected chi connectivity index (χ2v) is 5.65. The highest BCUT2D eigenvalue weighted by atomic mass is 35.5. The SMILES string of the molecule is CC(C)(N)CCC(=O)NCCc1cccc(Cl)c1. The average Bonchev–Trinajstić information content (AvgIpc) is 2.25. The van der Waals surface area contributed by atoms with Crippen LogP contribution in [0.4, 0.5) is 0 Å². The molecule has 0 atom stereocenters. The van der Waals surface area contributed by atoms with Crippen LogP contribution in [0.2, 0.25) is 5.02 Å². The lowest BCUT2D eigenvalue weighted by Crippen LogP contribution is -2.34. The molecule has 0 unspecified atom stereocenters. The maximum absolute atomic E-state index is 11.6. The maximum atomic E-state index is 11.6. The van der Waals surface area contributed by atoms with Gasteiger partial charge in [0.05, 0.1) is 0 Å². The van der Waals surface area contributed by atoms with Gasteiger partial charge in [0.2, 0.25) is 5.91 Å². The molecule has 0 aliphatic heterocycles. The predicted octanol–water partition coefficient (Wildman–Crippen LogP) is 2.52. The molecule has 4 heteroatoms. The van der Waals surface area contributed by atoms with E-state index in [1.165, 1.54) is 0 Å². The Labute approximate surface area is 114 Å². The Morgan fingerprint density at radius 1 is 1.44 bits per heavy atom. The Hall–Kier alpha value is -1.06. The lowest BCUT2D eigenvalue weighted by Gasteiger charge is -2.17. The zero-order chi connectivity index (χ0) is 13.6. The van der Waals surface area contributed by atoms with Crippen LogP contribution in [-0.4, -0.2) is 18.0 Å². The van der Waals surface area contributed by atoms with Crippen LogP contribution in [-0.2, 0) is 11.2 Å². The topological polar surface area (TPSA) is 55.1 Å². The monoisotopic (exact) mass is 268 g/mol. The van der Waals surface area contributed by atoms with Crippen LogP contribution in [0.1, 0.15) is 32.3 Å². The van der Waals surface area contributed by atoms with Crippen molar-refractivity contribution in [2.45, 2.75) is 38.6 Å². The molecule has 0 aliphatic rings. The number of amides is 1. The summed E-state index contributed by atoms with van der Waals surface area (Å²) in [6.07, 6.45) is 1.95. The highest BCUT2D eigenvalue weighted by molar-refractivity contribution is 6.30. The lowest BCUT2D eigenvalue weighted by molar-refractivity contribution is -0.121. The van der Waals surface area contributed by atoms with Crippen LogP contribution in [0.15, 0.2) is 24.3 Å². The van der Waals surface area contributed by atoms with Crippen LogP contribution in [0, 0.1) is 0 Å². The van der Waals surface area contributed by atoms with Crippen LogP contribution in [0.5, 0.6) is 0 Å². The molecule has 3 N–H and O–H groups in total. The molecule has 100 valence electrons. The van der Waals surface area contributed by atoms with Gasteiger partial charge in [-0.15, -0.1) is 0 Å². The summed E-state index contributed by atoms with van der Waals surface area (Å²) in [5.41, 5.74) is 6.66. The van der Waals surface area contributed by atoms with Crippen molar-refractivity contribution in [3.05, 3.63) is 34.9 Å². The van der Waals surface area contributed by atoms with E-state index in [0.29, 0.717) is 19.4 Å². The normalized spacial score (nSPS) is 11.3. The first-order valence-electron chi connectivity index (χ1n) is 6.17. The third-order valence-electron chi connectivity index (χ3n) is 2.62. The number of rotatable bonds is 6. The summed E-state index contributed by atoms with van der Waals surface area (Å²) in [7, 11) is 0. The van der Waals surface area contributed by atoms with Crippen molar-refractivity contribution in [1.82, 2.24) is 5.32 Å². The minimum Gasteiger partial charge on any atom is -0.356 e. The molecule has 0 aliphatic carbocycles. The summed E-state index contributed by atoms with van der Waals surface area (Å²) in [5.74, 6) is 0.0514. The first kappa shape index (κ1) is 15.0. The summed E-state index contributed by atoms with van der Waals surface area (Å²) in [4.78, 5) is 11.6. The first-order chi connectivity index (χ1) is 8.37. The molecule has 0 heterocycles. The van der Waals surface area contributed by atoms with Crippen molar-refractivity contribution >= 4 is 17.5 Å². The predicted molar refractivity (Wildman–Crippen MR) is 75.7 cm³/mol. The van der Waals surface area contributed by atoms with Crippen LogP contribution in [0.3, 0.4) is 0 Å². The number of hydrogen-bond donors (Lipinski definition) is 2. The Morgan fingerprint density at radius 3 is 2.78 bits per heavy atom. The Balaban J connectivity index is 2.23. The number of nitrogens with one attached hydrogen (secondary N) is 1. The van der Waals surface area contributed by atoms with E-state index < -0.39 is 0 Å². The Morgan fingerprint density at radius 2 is 2.17 bits per heavy atom. The fourth-order valence-corrected chi connectivity index (χ4v) is 1.78. The summed E-state index contributed by atoms with van der Waals surface area (Å²) in [6.45, 7) is 4.47. The molecule has 1 rings (SSSR count). The molecule has 0 saturated carbocycles. The van der Waals surface area contributed by atoms with Gasteiger partial charge in [-0.05, 0) is 44.4 Å². The van der Waals surface area contributed by atoms with Gasteiger partial charge in [-0.25, -0.2) is 0 Å². The molecular formula is C14H21ClN2O. The number of halogens is 1. The second-order valence-electron chi connectivity index (χ2n) is 5.22.